The van der Waals surface area contributed by atoms with E-state index in [1.165, 1.54) is 12.1 Å². The van der Waals surface area contributed by atoms with E-state index in [9.17, 15) is 9.18 Å². The van der Waals surface area contributed by atoms with Crippen LogP contribution >= 0.6 is 0 Å². The molecule has 25 heavy (non-hydrogen) atoms. The molecule has 1 aliphatic rings. The summed E-state index contributed by atoms with van der Waals surface area (Å²) >= 11 is 0. The molecule has 0 saturated carbocycles. The molecule has 0 unspecified atom stereocenters. The van der Waals surface area contributed by atoms with Crippen LogP contribution in [0.3, 0.4) is 0 Å². The maximum absolute atomic E-state index is 13.1. The van der Waals surface area contributed by atoms with Crippen LogP contribution in [0.15, 0.2) is 60.8 Å². The molecular weight excluding hydrogens is 317 g/mol. The smallest absolute Gasteiger partial charge is 0.273 e. The van der Waals surface area contributed by atoms with E-state index < -0.39 is 0 Å². The van der Waals surface area contributed by atoms with E-state index in [2.05, 4.69) is 9.88 Å². The first kappa shape index (κ1) is 15.6. The first-order chi connectivity index (χ1) is 12.2. The van der Waals surface area contributed by atoms with Crippen LogP contribution in [-0.4, -0.2) is 42.0 Å². The monoisotopic (exact) mass is 335 g/mol. The van der Waals surface area contributed by atoms with Crippen molar-refractivity contribution >= 4 is 22.4 Å². The van der Waals surface area contributed by atoms with Crippen LogP contribution in [-0.2, 0) is 0 Å². The first-order valence-electron chi connectivity index (χ1n) is 8.36. The topological polar surface area (TPSA) is 36.4 Å². The lowest BCUT2D eigenvalue weighted by Gasteiger charge is -2.36. The maximum Gasteiger partial charge on any atom is 0.273 e. The zero-order valence-electron chi connectivity index (χ0n) is 13.7. The highest BCUT2D eigenvalue weighted by Gasteiger charge is 2.24. The van der Waals surface area contributed by atoms with Gasteiger partial charge in [-0.15, -0.1) is 0 Å². The number of amides is 1. The first-order valence-corrected chi connectivity index (χ1v) is 8.36. The number of carbonyl (C=O) groups excluding carboxylic acids is 1. The molecule has 1 aliphatic heterocycles. The maximum atomic E-state index is 13.1. The number of hydrogen-bond acceptors (Lipinski definition) is 3. The second-order valence-electron chi connectivity index (χ2n) is 6.14. The van der Waals surface area contributed by atoms with Crippen molar-refractivity contribution < 1.29 is 9.18 Å². The third kappa shape index (κ3) is 3.05. The van der Waals surface area contributed by atoms with Gasteiger partial charge in [-0.1, -0.05) is 24.3 Å². The predicted molar refractivity (Wildman–Crippen MR) is 96.3 cm³/mol. The van der Waals surface area contributed by atoms with Crippen LogP contribution in [0.4, 0.5) is 10.1 Å². The quantitative estimate of drug-likeness (QED) is 0.721. The molecule has 126 valence electrons. The van der Waals surface area contributed by atoms with Gasteiger partial charge in [0.05, 0.1) is 0 Å². The van der Waals surface area contributed by atoms with Gasteiger partial charge >= 0.3 is 0 Å². The van der Waals surface area contributed by atoms with Gasteiger partial charge in [0.15, 0.2) is 0 Å². The molecule has 2 heterocycles. The molecule has 1 saturated heterocycles. The molecule has 2 aromatic carbocycles. The molecule has 0 atom stereocenters. The Bertz CT molecular complexity index is 897. The van der Waals surface area contributed by atoms with Gasteiger partial charge < -0.3 is 9.80 Å². The van der Waals surface area contributed by atoms with Crippen LogP contribution in [0.2, 0.25) is 0 Å². The van der Waals surface area contributed by atoms with Gasteiger partial charge in [-0.2, -0.15) is 0 Å². The SMILES string of the molecule is O=C(c1nccc2ccccc12)N1CCN(c2ccc(F)cc2)CC1. The number of nitrogens with zero attached hydrogens (tertiary/aromatic N) is 3. The van der Waals surface area contributed by atoms with E-state index in [1.807, 2.05) is 35.2 Å². The normalized spacial score (nSPS) is 14.8. The van der Waals surface area contributed by atoms with Crippen molar-refractivity contribution in [2.24, 2.45) is 0 Å². The van der Waals surface area contributed by atoms with Crippen molar-refractivity contribution in [3.05, 3.63) is 72.3 Å². The molecule has 3 aromatic rings. The zero-order valence-corrected chi connectivity index (χ0v) is 13.7. The van der Waals surface area contributed by atoms with Crippen LogP contribution in [0.5, 0.6) is 0 Å². The summed E-state index contributed by atoms with van der Waals surface area (Å²) in [6, 6.07) is 16.2. The van der Waals surface area contributed by atoms with Crippen molar-refractivity contribution in [2.45, 2.75) is 0 Å². The summed E-state index contributed by atoms with van der Waals surface area (Å²) in [5, 5.41) is 1.90. The average molecular weight is 335 g/mol. The molecule has 1 amide bonds. The summed E-state index contributed by atoms with van der Waals surface area (Å²) in [6.45, 7) is 2.70. The Balaban J connectivity index is 1.50. The minimum absolute atomic E-state index is 0.0319. The summed E-state index contributed by atoms with van der Waals surface area (Å²) in [4.78, 5) is 21.2. The van der Waals surface area contributed by atoms with E-state index in [0.717, 1.165) is 29.5 Å². The molecule has 0 bridgehead atoms. The largest absolute Gasteiger partial charge is 0.368 e. The highest BCUT2D eigenvalue weighted by Crippen LogP contribution is 2.20. The lowest BCUT2D eigenvalue weighted by molar-refractivity contribution is 0.0743. The van der Waals surface area contributed by atoms with Gasteiger partial charge in [0.25, 0.3) is 5.91 Å². The Labute approximate surface area is 145 Å². The van der Waals surface area contributed by atoms with Crippen molar-refractivity contribution in [1.29, 1.82) is 0 Å². The third-order valence-electron chi connectivity index (χ3n) is 4.63. The predicted octanol–water partition coefficient (Wildman–Crippen LogP) is 3.34. The average Bonchev–Trinajstić information content (AvgIpc) is 2.68. The Hall–Kier alpha value is -2.95. The van der Waals surface area contributed by atoms with E-state index >= 15 is 0 Å². The van der Waals surface area contributed by atoms with Crippen LogP contribution in [0, 0.1) is 5.82 Å². The van der Waals surface area contributed by atoms with Crippen LogP contribution in [0.1, 0.15) is 10.5 Å². The van der Waals surface area contributed by atoms with Crippen molar-refractivity contribution in [3.63, 3.8) is 0 Å². The van der Waals surface area contributed by atoms with Crippen molar-refractivity contribution in [1.82, 2.24) is 9.88 Å². The Morgan fingerprint density at radius 2 is 1.64 bits per heavy atom. The molecule has 1 fully saturated rings. The summed E-state index contributed by atoms with van der Waals surface area (Å²) in [7, 11) is 0. The third-order valence-corrected chi connectivity index (χ3v) is 4.63. The fourth-order valence-electron chi connectivity index (χ4n) is 3.26. The van der Waals surface area contributed by atoms with Gasteiger partial charge in [0, 0.05) is 43.4 Å². The minimum Gasteiger partial charge on any atom is -0.368 e. The number of hydrogen-bond donors (Lipinski definition) is 0. The van der Waals surface area contributed by atoms with Gasteiger partial charge in [-0.25, -0.2) is 4.39 Å². The summed E-state index contributed by atoms with van der Waals surface area (Å²) in [5.41, 5.74) is 1.49. The van der Waals surface area contributed by atoms with Crippen LogP contribution < -0.4 is 4.90 Å². The fraction of sp³-hybridized carbons (Fsp3) is 0.200. The number of fused-ring (bicyclic) bond motifs is 1. The van der Waals surface area contributed by atoms with Gasteiger partial charge in [0.2, 0.25) is 0 Å². The van der Waals surface area contributed by atoms with Gasteiger partial charge in [-0.05, 0) is 35.7 Å². The zero-order chi connectivity index (χ0) is 17.2. The molecule has 5 heteroatoms. The number of benzene rings is 2. The molecule has 4 nitrogen and oxygen atoms in total. The van der Waals surface area contributed by atoms with E-state index in [-0.39, 0.29) is 11.7 Å². The molecule has 0 N–H and O–H groups in total. The molecule has 4 rings (SSSR count). The number of piperazine rings is 1. The van der Waals surface area contributed by atoms with Crippen molar-refractivity contribution in [3.8, 4) is 0 Å². The Morgan fingerprint density at radius 1 is 0.920 bits per heavy atom. The highest BCUT2D eigenvalue weighted by atomic mass is 19.1. The molecule has 0 aliphatic carbocycles. The van der Waals surface area contributed by atoms with Gasteiger partial charge in [-0.3, -0.25) is 9.78 Å². The van der Waals surface area contributed by atoms with E-state index in [0.29, 0.717) is 18.8 Å². The standard InChI is InChI=1S/C20H18FN3O/c21-16-5-7-17(8-6-16)23-11-13-24(14-12-23)20(25)19-18-4-2-1-3-15(18)9-10-22-19/h1-10H,11-14H2. The van der Waals surface area contributed by atoms with Gasteiger partial charge in [0.1, 0.15) is 11.5 Å². The minimum atomic E-state index is -0.236. The lowest BCUT2D eigenvalue weighted by Crippen LogP contribution is -2.49. The molecule has 0 spiro atoms. The number of halogens is 1. The highest BCUT2D eigenvalue weighted by molar-refractivity contribution is 6.05. The summed E-state index contributed by atoms with van der Waals surface area (Å²) in [5.74, 6) is -0.268. The molecule has 1 aromatic heterocycles. The number of aromatic nitrogens is 1. The number of rotatable bonds is 2. The number of pyridine rings is 1. The Morgan fingerprint density at radius 3 is 2.40 bits per heavy atom. The summed E-state index contributed by atoms with van der Waals surface area (Å²) in [6.07, 6.45) is 1.68. The summed E-state index contributed by atoms with van der Waals surface area (Å²) < 4.78 is 13.1. The lowest BCUT2D eigenvalue weighted by atomic mass is 10.1. The van der Waals surface area contributed by atoms with E-state index in [4.69, 9.17) is 0 Å². The fourth-order valence-corrected chi connectivity index (χ4v) is 3.26. The second-order valence-corrected chi connectivity index (χ2v) is 6.14. The number of anilines is 1. The molecule has 0 radical (unpaired) electrons. The second kappa shape index (κ2) is 6.51. The van der Waals surface area contributed by atoms with Crippen LogP contribution in [0.25, 0.3) is 10.8 Å². The number of carbonyl (C=O) groups is 1. The Kier molecular flexibility index (Phi) is 4.06. The van der Waals surface area contributed by atoms with Crippen molar-refractivity contribution in [2.75, 3.05) is 31.1 Å². The molecular formula is C20H18FN3O. The van der Waals surface area contributed by atoms with E-state index in [1.54, 1.807) is 18.3 Å².